The highest BCUT2D eigenvalue weighted by atomic mass is 16.2. The van der Waals surface area contributed by atoms with E-state index >= 15 is 0 Å². The quantitative estimate of drug-likeness (QED) is 0.390. The van der Waals surface area contributed by atoms with Gasteiger partial charge in [-0.1, -0.05) is 91.9 Å². The monoisotopic (exact) mass is 415 g/mol. The van der Waals surface area contributed by atoms with E-state index < -0.39 is 11.3 Å². The van der Waals surface area contributed by atoms with E-state index in [1.807, 2.05) is 66.7 Å². The molecule has 8 rings (SSSR count). The van der Waals surface area contributed by atoms with Crippen LogP contribution in [0.3, 0.4) is 0 Å². The fourth-order valence-corrected chi connectivity index (χ4v) is 6.79. The number of amides is 2. The number of anilines is 1. The molecule has 4 aromatic carbocycles. The van der Waals surface area contributed by atoms with Gasteiger partial charge >= 0.3 is 0 Å². The lowest BCUT2D eigenvalue weighted by atomic mass is 9.48. The molecule has 0 saturated carbocycles. The summed E-state index contributed by atoms with van der Waals surface area (Å²) < 4.78 is 0. The zero-order chi connectivity index (χ0) is 21.6. The second-order valence-corrected chi connectivity index (χ2v) is 9.37. The molecular formula is C29H21NO2. The van der Waals surface area contributed by atoms with Crippen molar-refractivity contribution in [1.82, 2.24) is 0 Å². The molecule has 4 aromatic rings. The zero-order valence-electron chi connectivity index (χ0n) is 17.7. The molecule has 3 aliphatic carbocycles. The summed E-state index contributed by atoms with van der Waals surface area (Å²) >= 11 is 0. The summed E-state index contributed by atoms with van der Waals surface area (Å²) in [5.41, 5.74) is 4.92. The number of fused-ring (bicyclic) bond motifs is 1. The van der Waals surface area contributed by atoms with Gasteiger partial charge in [-0.05, 0) is 33.7 Å². The molecule has 0 N–H and O–H groups in total. The van der Waals surface area contributed by atoms with Crippen LogP contribution in [0.2, 0.25) is 0 Å². The molecule has 154 valence electrons. The molecule has 3 nitrogen and oxygen atoms in total. The highest BCUT2D eigenvalue weighted by Crippen LogP contribution is 2.64. The minimum atomic E-state index is -0.529. The van der Waals surface area contributed by atoms with Gasteiger partial charge in [-0.3, -0.25) is 9.59 Å². The topological polar surface area (TPSA) is 37.4 Å². The predicted molar refractivity (Wildman–Crippen MR) is 125 cm³/mol. The number of hydrogen-bond acceptors (Lipinski definition) is 2. The van der Waals surface area contributed by atoms with Crippen LogP contribution >= 0.6 is 0 Å². The smallest absolute Gasteiger partial charge is 0.238 e. The Bertz CT molecular complexity index is 1420. The van der Waals surface area contributed by atoms with Crippen molar-refractivity contribution in [2.45, 2.75) is 18.3 Å². The van der Waals surface area contributed by atoms with E-state index in [1.165, 1.54) is 27.2 Å². The van der Waals surface area contributed by atoms with Crippen molar-refractivity contribution in [3.05, 3.63) is 113 Å². The molecule has 0 radical (unpaired) electrons. The van der Waals surface area contributed by atoms with Gasteiger partial charge in [0.25, 0.3) is 0 Å². The molecule has 2 bridgehead atoms. The minimum absolute atomic E-state index is 0.0726. The fourth-order valence-electron chi connectivity index (χ4n) is 6.79. The number of rotatable bonds is 1. The van der Waals surface area contributed by atoms with E-state index in [9.17, 15) is 9.59 Å². The first kappa shape index (κ1) is 17.9. The average Bonchev–Trinajstić information content (AvgIpc) is 3.10. The summed E-state index contributed by atoms with van der Waals surface area (Å²) in [6.07, 6.45) is 0. The number of hydrogen-bond donors (Lipinski definition) is 0. The number of carbonyl (C=O) groups excluding carboxylic acids is 2. The van der Waals surface area contributed by atoms with E-state index in [0.717, 1.165) is 10.8 Å². The van der Waals surface area contributed by atoms with Crippen LogP contribution in [-0.2, 0) is 15.0 Å². The molecule has 1 aliphatic heterocycles. The van der Waals surface area contributed by atoms with Crippen LogP contribution < -0.4 is 4.90 Å². The van der Waals surface area contributed by atoms with Gasteiger partial charge in [0, 0.05) is 16.7 Å². The van der Waals surface area contributed by atoms with Crippen molar-refractivity contribution in [2.75, 3.05) is 4.90 Å². The van der Waals surface area contributed by atoms with Crippen molar-refractivity contribution in [3.63, 3.8) is 0 Å². The Morgan fingerprint density at radius 1 is 0.688 bits per heavy atom. The first-order chi connectivity index (χ1) is 15.6. The van der Waals surface area contributed by atoms with Crippen LogP contribution in [0.15, 0.2) is 91.0 Å². The third-order valence-corrected chi connectivity index (χ3v) is 8.05. The highest BCUT2D eigenvalue weighted by molar-refractivity contribution is 6.26. The zero-order valence-corrected chi connectivity index (χ0v) is 17.7. The van der Waals surface area contributed by atoms with Crippen molar-refractivity contribution in [3.8, 4) is 0 Å². The molecule has 1 saturated heterocycles. The van der Waals surface area contributed by atoms with Gasteiger partial charge in [0.05, 0.1) is 17.5 Å². The molecule has 1 heterocycles. The fraction of sp³-hybridized carbons (Fsp3) is 0.172. The lowest BCUT2D eigenvalue weighted by Crippen LogP contribution is -2.51. The standard InChI is InChI=1S/C29H21NO2/c1-29-21-14-6-4-12-19(21)24(20-13-5-7-15-22(20)29)25-26(29)28(32)30(27(25)31)23-16-8-10-17-9-2-3-11-18(17)23/h2-16,24-26H,1H3. The number of benzene rings is 4. The van der Waals surface area contributed by atoms with Gasteiger partial charge in [0.1, 0.15) is 0 Å². The molecule has 0 aromatic heterocycles. The van der Waals surface area contributed by atoms with E-state index in [0.29, 0.717) is 5.69 Å². The molecule has 3 heteroatoms. The molecular weight excluding hydrogens is 394 g/mol. The van der Waals surface area contributed by atoms with Gasteiger partial charge in [-0.2, -0.15) is 0 Å². The summed E-state index contributed by atoms with van der Waals surface area (Å²) in [6, 6.07) is 30.6. The third kappa shape index (κ3) is 1.93. The van der Waals surface area contributed by atoms with Crippen LogP contribution in [0.1, 0.15) is 35.1 Å². The molecule has 2 unspecified atom stereocenters. The Morgan fingerprint density at radius 2 is 1.28 bits per heavy atom. The molecule has 4 aliphatic rings. The van der Waals surface area contributed by atoms with E-state index in [4.69, 9.17) is 0 Å². The lowest BCUT2D eigenvalue weighted by molar-refractivity contribution is -0.123. The van der Waals surface area contributed by atoms with E-state index in [-0.39, 0.29) is 23.7 Å². The van der Waals surface area contributed by atoms with Gasteiger partial charge in [0.15, 0.2) is 0 Å². The van der Waals surface area contributed by atoms with Crippen molar-refractivity contribution in [1.29, 1.82) is 0 Å². The second kappa shape index (κ2) is 5.95. The van der Waals surface area contributed by atoms with Crippen LogP contribution in [-0.4, -0.2) is 11.8 Å². The van der Waals surface area contributed by atoms with E-state index in [2.05, 4.69) is 31.2 Å². The molecule has 2 amide bonds. The average molecular weight is 415 g/mol. The summed E-state index contributed by atoms with van der Waals surface area (Å²) in [4.78, 5) is 29.7. The van der Waals surface area contributed by atoms with Crippen molar-refractivity contribution >= 4 is 28.3 Å². The summed E-state index contributed by atoms with van der Waals surface area (Å²) in [6.45, 7) is 2.16. The molecule has 2 atom stereocenters. The lowest BCUT2D eigenvalue weighted by Gasteiger charge is -2.52. The van der Waals surface area contributed by atoms with E-state index in [1.54, 1.807) is 0 Å². The number of nitrogens with zero attached hydrogens (tertiary/aromatic N) is 1. The summed E-state index contributed by atoms with van der Waals surface area (Å²) in [5.74, 6) is -1.02. The predicted octanol–water partition coefficient (Wildman–Crippen LogP) is 5.41. The van der Waals surface area contributed by atoms with Gasteiger partial charge in [-0.15, -0.1) is 0 Å². The molecule has 1 fully saturated rings. The minimum Gasteiger partial charge on any atom is -0.274 e. The van der Waals surface area contributed by atoms with Gasteiger partial charge in [-0.25, -0.2) is 4.90 Å². The highest BCUT2D eigenvalue weighted by Gasteiger charge is 2.66. The first-order valence-corrected chi connectivity index (χ1v) is 11.2. The number of imide groups is 1. The Balaban J connectivity index is 1.50. The van der Waals surface area contributed by atoms with Crippen molar-refractivity contribution in [2.24, 2.45) is 11.8 Å². The van der Waals surface area contributed by atoms with Gasteiger partial charge < -0.3 is 0 Å². The van der Waals surface area contributed by atoms with Gasteiger partial charge in [0.2, 0.25) is 11.8 Å². The molecule has 0 spiro atoms. The Kier molecular flexibility index (Phi) is 3.33. The summed E-state index contributed by atoms with van der Waals surface area (Å²) in [7, 11) is 0. The Hall–Kier alpha value is -3.72. The first-order valence-electron chi connectivity index (χ1n) is 11.2. The molecule has 32 heavy (non-hydrogen) atoms. The maximum Gasteiger partial charge on any atom is 0.238 e. The maximum absolute atomic E-state index is 14.1. The second-order valence-electron chi connectivity index (χ2n) is 9.37. The largest absolute Gasteiger partial charge is 0.274 e. The summed E-state index contributed by atoms with van der Waals surface area (Å²) in [5, 5.41) is 1.96. The third-order valence-electron chi connectivity index (χ3n) is 8.05. The van der Waals surface area contributed by atoms with Crippen LogP contribution in [0.4, 0.5) is 5.69 Å². The Morgan fingerprint density at radius 3 is 2.00 bits per heavy atom. The Labute approximate surface area is 186 Å². The van der Waals surface area contributed by atoms with Crippen LogP contribution in [0, 0.1) is 11.8 Å². The maximum atomic E-state index is 14.1. The SMILES string of the molecule is CC12c3ccccc3C(c3ccccc31)C1C(=O)N(c3cccc4ccccc34)C(=O)C12. The van der Waals surface area contributed by atoms with Crippen molar-refractivity contribution < 1.29 is 9.59 Å². The van der Waals surface area contributed by atoms with Crippen LogP contribution in [0.25, 0.3) is 10.8 Å². The number of carbonyl (C=O) groups is 2. The normalized spacial score (nSPS) is 27.4. The van der Waals surface area contributed by atoms with Crippen LogP contribution in [0.5, 0.6) is 0 Å².